The van der Waals surface area contributed by atoms with Crippen LogP contribution in [0.5, 0.6) is 0 Å². The number of nitrogens with two attached hydrogens (primary N) is 1. The lowest BCUT2D eigenvalue weighted by molar-refractivity contribution is -0.124. The molecule has 2 atom stereocenters. The van der Waals surface area contributed by atoms with Crippen molar-refractivity contribution >= 4 is 21.8 Å². The molecule has 0 aliphatic carbocycles. The fourth-order valence-electron chi connectivity index (χ4n) is 1.84. The molecule has 0 bridgehead atoms. The highest BCUT2D eigenvalue weighted by Gasteiger charge is 2.16. The monoisotopic (exact) mass is 328 g/mol. The second kappa shape index (κ2) is 8.30. The lowest BCUT2D eigenvalue weighted by Gasteiger charge is -2.19. The summed E-state index contributed by atoms with van der Waals surface area (Å²) < 4.78 is 6.14. The van der Waals surface area contributed by atoms with Crippen molar-refractivity contribution in [2.24, 2.45) is 5.73 Å². The van der Waals surface area contributed by atoms with Gasteiger partial charge in [-0.3, -0.25) is 4.79 Å². The summed E-state index contributed by atoms with van der Waals surface area (Å²) in [6, 6.07) is 7.99. The zero-order chi connectivity index (χ0) is 14.3. The second-order valence-corrected chi connectivity index (χ2v) is 5.29. The molecule has 0 aliphatic heterocycles. The average molecular weight is 329 g/mol. The first-order chi connectivity index (χ1) is 9.10. The summed E-state index contributed by atoms with van der Waals surface area (Å²) in [7, 11) is 1.57. The zero-order valence-electron chi connectivity index (χ0n) is 11.4. The molecule has 1 aromatic carbocycles. The molecule has 0 aromatic heterocycles. The molecule has 0 radical (unpaired) electrons. The van der Waals surface area contributed by atoms with Crippen molar-refractivity contribution in [2.75, 3.05) is 13.7 Å². The molecule has 2 unspecified atom stereocenters. The summed E-state index contributed by atoms with van der Waals surface area (Å²) in [5, 5.41) is 3.01. The Morgan fingerprint density at radius 2 is 2.05 bits per heavy atom. The van der Waals surface area contributed by atoms with Crippen molar-refractivity contribution in [2.45, 2.75) is 31.9 Å². The van der Waals surface area contributed by atoms with E-state index in [4.69, 9.17) is 10.5 Å². The lowest BCUT2D eigenvalue weighted by atomic mass is 10.0. The number of hydrogen-bond acceptors (Lipinski definition) is 3. The normalized spacial score (nSPS) is 13.9. The molecular formula is C14H21BrN2O2. The Hall–Kier alpha value is -0.910. The first kappa shape index (κ1) is 16.1. The molecule has 0 aliphatic rings. The van der Waals surface area contributed by atoms with Crippen LogP contribution in [0.4, 0.5) is 0 Å². The number of halogens is 1. The van der Waals surface area contributed by atoms with E-state index < -0.39 is 0 Å². The van der Waals surface area contributed by atoms with Gasteiger partial charge < -0.3 is 15.8 Å². The smallest absolute Gasteiger partial charge is 0.223 e. The van der Waals surface area contributed by atoms with Gasteiger partial charge in [0.05, 0.1) is 18.6 Å². The summed E-state index contributed by atoms with van der Waals surface area (Å²) >= 11 is 3.40. The predicted molar refractivity (Wildman–Crippen MR) is 79.8 cm³/mol. The number of rotatable bonds is 7. The first-order valence-electron chi connectivity index (χ1n) is 6.38. The van der Waals surface area contributed by atoms with Gasteiger partial charge in [-0.1, -0.05) is 35.0 Å². The van der Waals surface area contributed by atoms with Crippen LogP contribution in [0.1, 0.15) is 31.4 Å². The van der Waals surface area contributed by atoms with E-state index in [9.17, 15) is 4.79 Å². The number of carbonyl (C=O) groups excluding carboxylic acids is 1. The van der Waals surface area contributed by atoms with Crippen molar-refractivity contribution in [3.05, 3.63) is 34.3 Å². The van der Waals surface area contributed by atoms with Crippen LogP contribution in [0.15, 0.2) is 28.7 Å². The van der Waals surface area contributed by atoms with Crippen molar-refractivity contribution < 1.29 is 9.53 Å². The predicted octanol–water partition coefficient (Wildman–Crippen LogP) is 2.38. The molecule has 0 saturated carbocycles. The Bertz CT molecular complexity index is 391. The molecule has 0 saturated heterocycles. The van der Waals surface area contributed by atoms with Gasteiger partial charge in [-0.2, -0.15) is 0 Å². The van der Waals surface area contributed by atoms with Gasteiger partial charge in [-0.15, -0.1) is 0 Å². The summed E-state index contributed by atoms with van der Waals surface area (Å²) in [5.41, 5.74) is 6.61. The fraction of sp³-hybridized carbons (Fsp3) is 0.500. The largest absolute Gasteiger partial charge is 0.380 e. The van der Waals surface area contributed by atoms with E-state index in [-0.39, 0.29) is 18.1 Å². The lowest BCUT2D eigenvalue weighted by Crippen LogP contribution is -2.34. The third-order valence-corrected chi connectivity index (χ3v) is 3.55. The van der Waals surface area contributed by atoms with Gasteiger partial charge in [0.15, 0.2) is 0 Å². The summed E-state index contributed by atoms with van der Waals surface area (Å²) in [6.07, 6.45) is 0.913. The van der Waals surface area contributed by atoms with Gasteiger partial charge >= 0.3 is 0 Å². The minimum Gasteiger partial charge on any atom is -0.380 e. The van der Waals surface area contributed by atoms with E-state index in [0.717, 1.165) is 16.5 Å². The van der Waals surface area contributed by atoms with E-state index in [1.54, 1.807) is 7.11 Å². The van der Waals surface area contributed by atoms with Gasteiger partial charge in [-0.05, 0) is 24.1 Å². The number of carbonyl (C=O) groups is 1. The van der Waals surface area contributed by atoms with E-state index in [1.807, 2.05) is 31.2 Å². The average Bonchev–Trinajstić information content (AvgIpc) is 2.43. The molecule has 106 valence electrons. The van der Waals surface area contributed by atoms with Gasteiger partial charge in [0.2, 0.25) is 5.91 Å². The molecule has 0 heterocycles. The van der Waals surface area contributed by atoms with Crippen LogP contribution in [-0.4, -0.2) is 25.7 Å². The highest BCUT2D eigenvalue weighted by molar-refractivity contribution is 9.10. The molecule has 19 heavy (non-hydrogen) atoms. The van der Waals surface area contributed by atoms with Gasteiger partial charge in [0.1, 0.15) is 0 Å². The van der Waals surface area contributed by atoms with Crippen molar-refractivity contribution in [1.29, 1.82) is 0 Å². The van der Waals surface area contributed by atoms with Crippen LogP contribution in [0, 0.1) is 0 Å². The van der Waals surface area contributed by atoms with Crippen LogP contribution < -0.4 is 11.1 Å². The van der Waals surface area contributed by atoms with E-state index in [0.29, 0.717) is 13.0 Å². The molecule has 5 heteroatoms. The number of nitrogens with one attached hydrogen (secondary N) is 1. The molecule has 4 nitrogen and oxygen atoms in total. The highest BCUT2D eigenvalue weighted by Crippen LogP contribution is 2.19. The Kier molecular flexibility index (Phi) is 7.05. The van der Waals surface area contributed by atoms with E-state index in [1.165, 1.54) is 0 Å². The number of amides is 1. The minimum absolute atomic E-state index is 0.0240. The Labute approximate surface area is 122 Å². The van der Waals surface area contributed by atoms with Gasteiger partial charge in [0, 0.05) is 18.1 Å². The van der Waals surface area contributed by atoms with E-state index in [2.05, 4.69) is 21.2 Å². The number of methoxy groups -OCH3 is 1. The maximum absolute atomic E-state index is 11.9. The summed E-state index contributed by atoms with van der Waals surface area (Å²) in [6.45, 7) is 2.39. The van der Waals surface area contributed by atoms with Crippen molar-refractivity contribution in [3.8, 4) is 0 Å². The maximum atomic E-state index is 11.9. The number of ether oxygens (including phenoxy) is 1. The molecule has 1 rings (SSSR count). The molecule has 3 N–H and O–H groups in total. The van der Waals surface area contributed by atoms with Gasteiger partial charge in [-0.25, -0.2) is 0 Å². The Morgan fingerprint density at radius 1 is 1.42 bits per heavy atom. The molecule has 0 fully saturated rings. The SMILES string of the molecule is CCC(NC(=O)CC(CN)OC)c1ccc(Br)cc1. The summed E-state index contributed by atoms with van der Waals surface area (Å²) in [5.74, 6) is -0.0351. The third-order valence-electron chi connectivity index (χ3n) is 3.03. The maximum Gasteiger partial charge on any atom is 0.223 e. The van der Waals surface area contributed by atoms with Gasteiger partial charge in [0.25, 0.3) is 0 Å². The topological polar surface area (TPSA) is 64.4 Å². The third kappa shape index (κ3) is 5.30. The zero-order valence-corrected chi connectivity index (χ0v) is 12.9. The van der Waals surface area contributed by atoms with Crippen molar-refractivity contribution in [1.82, 2.24) is 5.32 Å². The number of benzene rings is 1. The second-order valence-electron chi connectivity index (χ2n) is 4.38. The van der Waals surface area contributed by atoms with E-state index >= 15 is 0 Å². The molecular weight excluding hydrogens is 308 g/mol. The van der Waals surface area contributed by atoms with Crippen LogP contribution in [0.3, 0.4) is 0 Å². The fourth-order valence-corrected chi connectivity index (χ4v) is 2.10. The minimum atomic E-state index is -0.220. The molecule has 0 spiro atoms. The standard InChI is InChI=1S/C14H21BrN2O2/c1-3-13(10-4-6-11(15)7-5-10)17-14(18)8-12(9-16)19-2/h4-7,12-13H,3,8-9,16H2,1-2H3,(H,17,18). The first-order valence-corrected chi connectivity index (χ1v) is 7.17. The van der Waals surface area contributed by atoms with Crippen LogP contribution >= 0.6 is 15.9 Å². The van der Waals surface area contributed by atoms with Crippen molar-refractivity contribution in [3.63, 3.8) is 0 Å². The quantitative estimate of drug-likeness (QED) is 0.807. The van der Waals surface area contributed by atoms with Crippen LogP contribution in [0.2, 0.25) is 0 Å². The number of hydrogen-bond donors (Lipinski definition) is 2. The summed E-state index contributed by atoms with van der Waals surface area (Å²) in [4.78, 5) is 11.9. The highest BCUT2D eigenvalue weighted by atomic mass is 79.9. The Morgan fingerprint density at radius 3 is 2.53 bits per heavy atom. The molecule has 1 amide bonds. The van der Waals surface area contributed by atoms with Crippen LogP contribution in [0.25, 0.3) is 0 Å². The Balaban J connectivity index is 2.61. The van der Waals surface area contributed by atoms with Crippen LogP contribution in [-0.2, 0) is 9.53 Å². The molecule has 1 aromatic rings.